The molecule has 0 saturated carbocycles. The van der Waals surface area contributed by atoms with Gasteiger partial charge in [0.15, 0.2) is 0 Å². The summed E-state index contributed by atoms with van der Waals surface area (Å²) in [6.07, 6.45) is 1.05. The Kier molecular flexibility index (Phi) is 6.42. The molecule has 0 saturated heterocycles. The maximum Gasteiger partial charge on any atom is 0.0598 e. The van der Waals surface area contributed by atoms with Gasteiger partial charge in [-0.1, -0.05) is 24.3 Å². The van der Waals surface area contributed by atoms with Gasteiger partial charge >= 0.3 is 0 Å². The molecule has 0 amide bonds. The molecule has 0 aliphatic heterocycles. The van der Waals surface area contributed by atoms with Crippen LogP contribution in [0.2, 0.25) is 0 Å². The first-order valence-corrected chi connectivity index (χ1v) is 8.03. The van der Waals surface area contributed by atoms with Crippen LogP contribution in [-0.2, 0) is 4.74 Å². The van der Waals surface area contributed by atoms with Crippen LogP contribution in [0.3, 0.4) is 0 Å². The SMILES string of the molecule is Cc1ccccc1C(CCOC(C)(C)C)CNC(C)(C)C. The Morgan fingerprint density at radius 1 is 1.05 bits per heavy atom. The highest BCUT2D eigenvalue weighted by molar-refractivity contribution is 5.29. The summed E-state index contributed by atoms with van der Waals surface area (Å²) >= 11 is 0. The van der Waals surface area contributed by atoms with Crippen molar-refractivity contribution < 1.29 is 4.74 Å². The summed E-state index contributed by atoms with van der Waals surface area (Å²) < 4.78 is 5.93. The van der Waals surface area contributed by atoms with Crippen molar-refractivity contribution >= 4 is 0 Å². The summed E-state index contributed by atoms with van der Waals surface area (Å²) in [6.45, 7) is 17.0. The second-order valence-electron chi connectivity index (χ2n) is 7.93. The average molecular weight is 291 g/mol. The molecule has 21 heavy (non-hydrogen) atoms. The molecule has 0 radical (unpaired) electrons. The van der Waals surface area contributed by atoms with Gasteiger partial charge in [-0.2, -0.15) is 0 Å². The molecule has 1 aromatic carbocycles. The Balaban J connectivity index is 2.73. The molecular weight excluding hydrogens is 258 g/mol. The van der Waals surface area contributed by atoms with Crippen molar-refractivity contribution in [1.29, 1.82) is 0 Å². The maximum absolute atomic E-state index is 5.93. The van der Waals surface area contributed by atoms with Gasteiger partial charge < -0.3 is 10.1 Å². The minimum atomic E-state index is -0.0618. The minimum Gasteiger partial charge on any atom is -0.376 e. The van der Waals surface area contributed by atoms with Gasteiger partial charge in [-0.3, -0.25) is 0 Å². The quantitative estimate of drug-likeness (QED) is 0.822. The van der Waals surface area contributed by atoms with Crippen molar-refractivity contribution in [3.8, 4) is 0 Å². The predicted molar refractivity (Wildman–Crippen MR) is 92.0 cm³/mol. The molecule has 0 spiro atoms. The normalized spacial score (nSPS) is 14.2. The average Bonchev–Trinajstić information content (AvgIpc) is 2.32. The molecule has 0 heterocycles. The number of hydrogen-bond donors (Lipinski definition) is 1. The molecular formula is C19H33NO. The lowest BCUT2D eigenvalue weighted by Crippen LogP contribution is -2.39. The summed E-state index contributed by atoms with van der Waals surface area (Å²) in [7, 11) is 0. The third-order valence-corrected chi connectivity index (χ3v) is 3.51. The molecule has 120 valence electrons. The summed E-state index contributed by atoms with van der Waals surface area (Å²) in [5.41, 5.74) is 2.89. The van der Waals surface area contributed by atoms with E-state index >= 15 is 0 Å². The third kappa shape index (κ3) is 7.63. The molecule has 1 N–H and O–H groups in total. The lowest BCUT2D eigenvalue weighted by atomic mass is 9.91. The molecule has 0 fully saturated rings. The van der Waals surface area contributed by atoms with Crippen LogP contribution in [0, 0.1) is 6.92 Å². The van der Waals surface area contributed by atoms with Crippen LogP contribution in [-0.4, -0.2) is 24.3 Å². The van der Waals surface area contributed by atoms with Crippen LogP contribution in [0.1, 0.15) is 65.0 Å². The van der Waals surface area contributed by atoms with Crippen molar-refractivity contribution in [3.63, 3.8) is 0 Å². The molecule has 2 heteroatoms. The number of benzene rings is 1. The van der Waals surface area contributed by atoms with E-state index in [9.17, 15) is 0 Å². The topological polar surface area (TPSA) is 21.3 Å². The largest absolute Gasteiger partial charge is 0.376 e. The van der Waals surface area contributed by atoms with Gasteiger partial charge in [-0.25, -0.2) is 0 Å². The summed E-state index contributed by atoms with van der Waals surface area (Å²) in [5.74, 6) is 0.493. The maximum atomic E-state index is 5.93. The molecule has 1 atom stereocenters. The van der Waals surface area contributed by atoms with Gasteiger partial charge in [0.25, 0.3) is 0 Å². The first-order valence-electron chi connectivity index (χ1n) is 8.03. The predicted octanol–water partition coefficient (Wildman–Crippen LogP) is 4.67. The van der Waals surface area contributed by atoms with Crippen LogP contribution < -0.4 is 5.32 Å². The molecule has 2 nitrogen and oxygen atoms in total. The highest BCUT2D eigenvalue weighted by Crippen LogP contribution is 2.24. The molecule has 1 aromatic rings. The fourth-order valence-electron chi connectivity index (χ4n) is 2.35. The Labute approximate surface area is 131 Å². The zero-order chi connectivity index (χ0) is 16.1. The molecule has 0 aliphatic carbocycles. The van der Waals surface area contributed by atoms with E-state index in [1.165, 1.54) is 11.1 Å². The zero-order valence-corrected chi connectivity index (χ0v) is 14.9. The zero-order valence-electron chi connectivity index (χ0n) is 14.9. The van der Waals surface area contributed by atoms with E-state index < -0.39 is 0 Å². The number of aryl methyl sites for hydroxylation is 1. The van der Waals surface area contributed by atoms with E-state index in [0.29, 0.717) is 5.92 Å². The number of nitrogens with one attached hydrogen (secondary N) is 1. The monoisotopic (exact) mass is 291 g/mol. The van der Waals surface area contributed by atoms with Gasteiger partial charge in [0.1, 0.15) is 0 Å². The van der Waals surface area contributed by atoms with E-state index in [1.54, 1.807) is 0 Å². The molecule has 0 aliphatic rings. The smallest absolute Gasteiger partial charge is 0.0598 e. The Morgan fingerprint density at radius 3 is 2.19 bits per heavy atom. The first kappa shape index (κ1) is 18.2. The van der Waals surface area contributed by atoms with E-state index in [2.05, 4.69) is 78.0 Å². The highest BCUT2D eigenvalue weighted by Gasteiger charge is 2.18. The first-order chi connectivity index (χ1) is 9.58. The number of ether oxygens (including phenoxy) is 1. The molecule has 1 rings (SSSR count). The van der Waals surface area contributed by atoms with Gasteiger partial charge in [-0.15, -0.1) is 0 Å². The van der Waals surface area contributed by atoms with Crippen LogP contribution in [0.5, 0.6) is 0 Å². The molecule has 0 aromatic heterocycles. The van der Waals surface area contributed by atoms with Gasteiger partial charge in [0, 0.05) is 18.7 Å². The Bertz CT molecular complexity index is 426. The number of rotatable bonds is 6. The van der Waals surface area contributed by atoms with Crippen LogP contribution in [0.15, 0.2) is 24.3 Å². The lowest BCUT2D eigenvalue weighted by Gasteiger charge is -2.28. The van der Waals surface area contributed by atoms with Crippen LogP contribution in [0.25, 0.3) is 0 Å². The number of hydrogen-bond acceptors (Lipinski definition) is 2. The van der Waals surface area contributed by atoms with Crippen molar-refractivity contribution in [2.45, 2.75) is 71.9 Å². The van der Waals surface area contributed by atoms with Crippen molar-refractivity contribution in [3.05, 3.63) is 35.4 Å². The Morgan fingerprint density at radius 2 is 1.67 bits per heavy atom. The van der Waals surface area contributed by atoms with Crippen LogP contribution >= 0.6 is 0 Å². The lowest BCUT2D eigenvalue weighted by molar-refractivity contribution is -0.00640. The molecule has 1 unspecified atom stereocenters. The van der Waals surface area contributed by atoms with Gasteiger partial charge in [0.05, 0.1) is 5.60 Å². The van der Waals surface area contributed by atoms with Gasteiger partial charge in [-0.05, 0) is 71.9 Å². The van der Waals surface area contributed by atoms with Crippen molar-refractivity contribution in [1.82, 2.24) is 5.32 Å². The van der Waals surface area contributed by atoms with Gasteiger partial charge in [0.2, 0.25) is 0 Å². The fourth-order valence-corrected chi connectivity index (χ4v) is 2.35. The second kappa shape index (κ2) is 7.42. The van der Waals surface area contributed by atoms with E-state index in [-0.39, 0.29) is 11.1 Å². The summed E-state index contributed by atoms with van der Waals surface area (Å²) in [4.78, 5) is 0. The van der Waals surface area contributed by atoms with Crippen LogP contribution in [0.4, 0.5) is 0 Å². The summed E-state index contributed by atoms with van der Waals surface area (Å²) in [6, 6.07) is 8.70. The third-order valence-electron chi connectivity index (χ3n) is 3.51. The minimum absolute atomic E-state index is 0.0618. The highest BCUT2D eigenvalue weighted by atomic mass is 16.5. The van der Waals surface area contributed by atoms with E-state index in [0.717, 1.165) is 19.6 Å². The van der Waals surface area contributed by atoms with E-state index in [1.807, 2.05) is 0 Å². The van der Waals surface area contributed by atoms with Crippen molar-refractivity contribution in [2.24, 2.45) is 0 Å². The summed E-state index contributed by atoms with van der Waals surface area (Å²) in [5, 5.41) is 3.64. The van der Waals surface area contributed by atoms with E-state index in [4.69, 9.17) is 4.74 Å². The van der Waals surface area contributed by atoms with Crippen molar-refractivity contribution in [2.75, 3.05) is 13.2 Å². The second-order valence-corrected chi connectivity index (χ2v) is 7.93. The standard InChI is InChI=1S/C19H33NO/c1-15-10-8-9-11-17(15)16(14-20-18(2,3)4)12-13-21-19(5,6)7/h8-11,16,20H,12-14H2,1-7H3. The Hall–Kier alpha value is -0.860. The fraction of sp³-hybridized carbons (Fsp3) is 0.684. The molecule has 0 bridgehead atoms.